The fourth-order valence-electron chi connectivity index (χ4n) is 2.15. The first-order valence-corrected chi connectivity index (χ1v) is 6.31. The lowest BCUT2D eigenvalue weighted by Gasteiger charge is -2.10. The molecule has 102 valence electrons. The summed E-state index contributed by atoms with van der Waals surface area (Å²) in [4.78, 5) is 8.47. The van der Waals surface area contributed by atoms with E-state index in [1.807, 2.05) is 38.1 Å². The first-order chi connectivity index (χ1) is 9.70. The maximum absolute atomic E-state index is 5.61. The average Bonchev–Trinajstić information content (AvgIpc) is 2.76. The third kappa shape index (κ3) is 1.97. The lowest BCUT2D eigenvalue weighted by Crippen LogP contribution is -1.98. The van der Waals surface area contributed by atoms with Crippen LogP contribution in [0.3, 0.4) is 0 Å². The summed E-state index contributed by atoms with van der Waals surface area (Å²) in [6, 6.07) is 7.70. The molecule has 0 unspecified atom stereocenters. The van der Waals surface area contributed by atoms with Gasteiger partial charge in [0.1, 0.15) is 23.7 Å². The summed E-state index contributed by atoms with van der Waals surface area (Å²) < 4.78 is 10.9. The smallest absolute Gasteiger partial charge is 0.231 e. The predicted octanol–water partition coefficient (Wildman–Crippen LogP) is 3.59. The van der Waals surface area contributed by atoms with Crippen molar-refractivity contribution < 1.29 is 9.15 Å². The van der Waals surface area contributed by atoms with Gasteiger partial charge >= 0.3 is 0 Å². The zero-order valence-corrected chi connectivity index (χ0v) is 11.6. The van der Waals surface area contributed by atoms with Gasteiger partial charge in [-0.1, -0.05) is 12.1 Å². The van der Waals surface area contributed by atoms with Gasteiger partial charge in [-0.3, -0.25) is 0 Å². The molecule has 5 nitrogen and oxygen atoms in total. The SMILES string of the molecule is COc1ccccc1Nc1ncnc2oc(C)c(C)c12. The maximum atomic E-state index is 5.61. The van der Waals surface area contributed by atoms with Gasteiger partial charge in [0.05, 0.1) is 18.2 Å². The molecule has 3 rings (SSSR count). The van der Waals surface area contributed by atoms with E-state index in [1.165, 1.54) is 6.33 Å². The number of rotatable bonds is 3. The molecule has 1 N–H and O–H groups in total. The molecule has 0 saturated heterocycles. The van der Waals surface area contributed by atoms with Crippen molar-refractivity contribution in [3.8, 4) is 5.75 Å². The molecular weight excluding hydrogens is 254 g/mol. The van der Waals surface area contributed by atoms with Crippen LogP contribution >= 0.6 is 0 Å². The third-order valence-electron chi connectivity index (χ3n) is 3.33. The van der Waals surface area contributed by atoms with Crippen LogP contribution in [0.2, 0.25) is 0 Å². The maximum Gasteiger partial charge on any atom is 0.231 e. The highest BCUT2D eigenvalue weighted by Gasteiger charge is 2.14. The molecule has 5 heteroatoms. The van der Waals surface area contributed by atoms with Crippen molar-refractivity contribution in [1.29, 1.82) is 0 Å². The topological polar surface area (TPSA) is 60.2 Å². The van der Waals surface area contributed by atoms with Crippen molar-refractivity contribution in [3.05, 3.63) is 41.9 Å². The molecule has 0 spiro atoms. The van der Waals surface area contributed by atoms with Crippen LogP contribution < -0.4 is 10.1 Å². The number of anilines is 2. The molecule has 0 atom stereocenters. The van der Waals surface area contributed by atoms with Crippen LogP contribution in [-0.4, -0.2) is 17.1 Å². The second kappa shape index (κ2) is 4.85. The van der Waals surface area contributed by atoms with Crippen molar-refractivity contribution in [3.63, 3.8) is 0 Å². The monoisotopic (exact) mass is 269 g/mol. The van der Waals surface area contributed by atoms with Crippen LogP contribution in [0.25, 0.3) is 11.1 Å². The summed E-state index contributed by atoms with van der Waals surface area (Å²) in [6.07, 6.45) is 1.49. The molecule has 1 aromatic carbocycles. The Bertz CT molecular complexity index is 765. The first-order valence-electron chi connectivity index (χ1n) is 6.31. The molecule has 3 aromatic rings. The van der Waals surface area contributed by atoms with E-state index in [0.29, 0.717) is 11.5 Å². The Hall–Kier alpha value is -2.56. The van der Waals surface area contributed by atoms with E-state index in [-0.39, 0.29) is 0 Å². The van der Waals surface area contributed by atoms with Crippen LogP contribution in [-0.2, 0) is 0 Å². The van der Waals surface area contributed by atoms with Crippen molar-refractivity contribution >= 4 is 22.6 Å². The molecule has 0 bridgehead atoms. The fraction of sp³-hybridized carbons (Fsp3) is 0.200. The van der Waals surface area contributed by atoms with E-state index in [4.69, 9.17) is 9.15 Å². The largest absolute Gasteiger partial charge is 0.495 e. The molecule has 2 heterocycles. The van der Waals surface area contributed by atoms with Crippen molar-refractivity contribution in [1.82, 2.24) is 9.97 Å². The van der Waals surface area contributed by atoms with Gasteiger partial charge in [-0.2, -0.15) is 0 Å². The first kappa shape index (κ1) is 12.5. The molecule has 20 heavy (non-hydrogen) atoms. The number of nitrogens with zero attached hydrogens (tertiary/aromatic N) is 2. The Kier molecular flexibility index (Phi) is 3.02. The van der Waals surface area contributed by atoms with E-state index >= 15 is 0 Å². The minimum absolute atomic E-state index is 0.590. The molecule has 0 aliphatic heterocycles. The second-order valence-corrected chi connectivity index (χ2v) is 4.51. The summed E-state index contributed by atoms with van der Waals surface area (Å²) >= 11 is 0. The summed E-state index contributed by atoms with van der Waals surface area (Å²) in [5.74, 6) is 2.33. The summed E-state index contributed by atoms with van der Waals surface area (Å²) in [5.41, 5.74) is 2.48. The number of fused-ring (bicyclic) bond motifs is 1. The van der Waals surface area contributed by atoms with E-state index in [1.54, 1.807) is 7.11 Å². The quantitative estimate of drug-likeness (QED) is 0.787. The van der Waals surface area contributed by atoms with E-state index < -0.39 is 0 Å². The van der Waals surface area contributed by atoms with Gasteiger partial charge in [0, 0.05) is 5.56 Å². The van der Waals surface area contributed by atoms with Gasteiger partial charge in [-0.15, -0.1) is 0 Å². The van der Waals surface area contributed by atoms with Crippen LogP contribution in [0.4, 0.5) is 11.5 Å². The van der Waals surface area contributed by atoms with Crippen LogP contribution in [0.15, 0.2) is 35.0 Å². The zero-order valence-electron chi connectivity index (χ0n) is 11.6. The number of para-hydroxylation sites is 2. The number of aryl methyl sites for hydroxylation is 2. The minimum Gasteiger partial charge on any atom is -0.495 e. The predicted molar refractivity (Wildman–Crippen MR) is 77.6 cm³/mol. The zero-order chi connectivity index (χ0) is 14.1. The average molecular weight is 269 g/mol. The number of nitrogens with one attached hydrogen (secondary N) is 1. The molecule has 0 radical (unpaired) electrons. The molecule has 2 aromatic heterocycles. The Morgan fingerprint density at radius 3 is 2.75 bits per heavy atom. The van der Waals surface area contributed by atoms with E-state index in [0.717, 1.165) is 28.1 Å². The van der Waals surface area contributed by atoms with Gasteiger partial charge < -0.3 is 14.5 Å². The highest BCUT2D eigenvalue weighted by Crippen LogP contribution is 2.32. The Balaban J connectivity index is 2.11. The second-order valence-electron chi connectivity index (χ2n) is 4.51. The Morgan fingerprint density at radius 1 is 1.15 bits per heavy atom. The number of methoxy groups -OCH3 is 1. The number of ether oxygens (including phenoxy) is 1. The minimum atomic E-state index is 0.590. The number of aromatic nitrogens is 2. The van der Waals surface area contributed by atoms with Crippen LogP contribution in [0.1, 0.15) is 11.3 Å². The summed E-state index contributed by atoms with van der Waals surface area (Å²) in [6.45, 7) is 3.92. The van der Waals surface area contributed by atoms with Gasteiger partial charge in [0.2, 0.25) is 5.71 Å². The molecular formula is C15H15N3O2. The lowest BCUT2D eigenvalue weighted by molar-refractivity contribution is 0.417. The van der Waals surface area contributed by atoms with Crippen molar-refractivity contribution in [2.75, 3.05) is 12.4 Å². The van der Waals surface area contributed by atoms with Gasteiger partial charge in [0.15, 0.2) is 0 Å². The van der Waals surface area contributed by atoms with Gasteiger partial charge in [-0.25, -0.2) is 9.97 Å². The lowest BCUT2D eigenvalue weighted by atomic mass is 10.2. The molecule has 0 amide bonds. The van der Waals surface area contributed by atoms with Gasteiger partial charge in [-0.05, 0) is 26.0 Å². The Morgan fingerprint density at radius 2 is 1.95 bits per heavy atom. The number of benzene rings is 1. The highest BCUT2D eigenvalue weighted by molar-refractivity contribution is 5.91. The van der Waals surface area contributed by atoms with Crippen molar-refractivity contribution in [2.45, 2.75) is 13.8 Å². The molecule has 0 aliphatic rings. The summed E-state index contributed by atoms with van der Waals surface area (Å²) in [7, 11) is 1.64. The molecule has 0 fully saturated rings. The van der Waals surface area contributed by atoms with Crippen LogP contribution in [0.5, 0.6) is 5.75 Å². The number of hydrogen-bond acceptors (Lipinski definition) is 5. The van der Waals surface area contributed by atoms with Gasteiger partial charge in [0.25, 0.3) is 0 Å². The third-order valence-corrected chi connectivity index (χ3v) is 3.33. The Labute approximate surface area is 116 Å². The fourth-order valence-corrected chi connectivity index (χ4v) is 2.15. The standard InChI is InChI=1S/C15H15N3O2/c1-9-10(2)20-15-13(9)14(16-8-17-15)18-11-6-4-5-7-12(11)19-3/h4-8H,1-3H3,(H,16,17,18). The number of hydrogen-bond donors (Lipinski definition) is 1. The number of furan rings is 1. The molecule has 0 aliphatic carbocycles. The molecule has 0 saturated carbocycles. The highest BCUT2D eigenvalue weighted by atomic mass is 16.5. The van der Waals surface area contributed by atoms with E-state index in [9.17, 15) is 0 Å². The van der Waals surface area contributed by atoms with E-state index in [2.05, 4.69) is 15.3 Å². The summed E-state index contributed by atoms with van der Waals surface area (Å²) in [5, 5.41) is 4.18. The van der Waals surface area contributed by atoms with Crippen LogP contribution in [0, 0.1) is 13.8 Å². The normalized spacial score (nSPS) is 10.8. The van der Waals surface area contributed by atoms with Crippen molar-refractivity contribution in [2.24, 2.45) is 0 Å².